The molecule has 23 heavy (non-hydrogen) atoms. The molecular formula is C19H14N2O2. The summed E-state index contributed by atoms with van der Waals surface area (Å²) in [5.74, 6) is 0.750. The molecule has 0 spiro atoms. The van der Waals surface area contributed by atoms with Gasteiger partial charge in [0.25, 0.3) is 0 Å². The van der Waals surface area contributed by atoms with Crippen LogP contribution in [0.3, 0.4) is 0 Å². The molecular weight excluding hydrogens is 288 g/mol. The summed E-state index contributed by atoms with van der Waals surface area (Å²) in [6, 6.07) is 20.9. The van der Waals surface area contributed by atoms with Gasteiger partial charge in [-0.3, -0.25) is 4.79 Å². The summed E-state index contributed by atoms with van der Waals surface area (Å²) in [5.41, 5.74) is 2.54. The number of benzene rings is 2. The number of para-hydroxylation sites is 1. The van der Waals surface area contributed by atoms with Gasteiger partial charge in [-0.15, -0.1) is 0 Å². The lowest BCUT2D eigenvalue weighted by Gasteiger charge is -2.07. The number of rotatable bonds is 3. The Morgan fingerprint density at radius 2 is 1.78 bits per heavy atom. The Balaban J connectivity index is 1.57. The van der Waals surface area contributed by atoms with E-state index < -0.39 is 0 Å². The van der Waals surface area contributed by atoms with Crippen LogP contribution in [0.25, 0.3) is 21.8 Å². The first-order valence-electron chi connectivity index (χ1n) is 7.38. The Bertz CT molecular complexity index is 1050. The number of aromatic amines is 1. The first-order chi connectivity index (χ1) is 11.3. The van der Waals surface area contributed by atoms with Crippen molar-refractivity contribution < 1.29 is 4.74 Å². The van der Waals surface area contributed by atoms with E-state index in [-0.39, 0.29) is 5.56 Å². The maximum atomic E-state index is 11.3. The van der Waals surface area contributed by atoms with Gasteiger partial charge in [0.2, 0.25) is 5.56 Å². The maximum Gasteiger partial charge on any atom is 0.248 e. The lowest BCUT2D eigenvalue weighted by molar-refractivity contribution is 0.302. The topological polar surface area (TPSA) is 55.0 Å². The Kier molecular flexibility index (Phi) is 3.27. The molecule has 4 heteroatoms. The third-order valence-electron chi connectivity index (χ3n) is 3.74. The standard InChI is InChI=1S/C19H14N2O2/c22-19-10-6-14-11-16(8-9-18(14)21-19)23-12-15-7-5-13-3-1-2-4-17(13)20-15/h1-11H,12H2,(H,21,22). The van der Waals surface area contributed by atoms with Crippen molar-refractivity contribution in [1.29, 1.82) is 0 Å². The fourth-order valence-electron chi connectivity index (χ4n) is 2.57. The van der Waals surface area contributed by atoms with Crippen LogP contribution in [-0.4, -0.2) is 9.97 Å². The zero-order chi connectivity index (χ0) is 15.6. The smallest absolute Gasteiger partial charge is 0.248 e. The second-order valence-corrected chi connectivity index (χ2v) is 5.36. The molecule has 0 bridgehead atoms. The molecule has 0 saturated carbocycles. The summed E-state index contributed by atoms with van der Waals surface area (Å²) in [6.45, 7) is 0.402. The lowest BCUT2D eigenvalue weighted by atomic mass is 10.2. The van der Waals surface area contributed by atoms with E-state index in [1.807, 2.05) is 54.6 Å². The van der Waals surface area contributed by atoms with Crippen molar-refractivity contribution >= 4 is 21.8 Å². The van der Waals surface area contributed by atoms with Crippen LogP contribution in [0.15, 0.2) is 71.5 Å². The second kappa shape index (κ2) is 5.57. The first-order valence-corrected chi connectivity index (χ1v) is 7.38. The fraction of sp³-hybridized carbons (Fsp3) is 0.0526. The molecule has 2 aromatic heterocycles. The minimum atomic E-state index is -0.105. The van der Waals surface area contributed by atoms with Gasteiger partial charge < -0.3 is 9.72 Å². The maximum absolute atomic E-state index is 11.3. The Morgan fingerprint density at radius 1 is 0.913 bits per heavy atom. The molecule has 0 aliphatic heterocycles. The van der Waals surface area contributed by atoms with E-state index in [0.29, 0.717) is 6.61 Å². The summed E-state index contributed by atoms with van der Waals surface area (Å²) in [4.78, 5) is 18.7. The highest BCUT2D eigenvalue weighted by atomic mass is 16.5. The van der Waals surface area contributed by atoms with Gasteiger partial charge in [0.05, 0.1) is 11.2 Å². The van der Waals surface area contributed by atoms with Gasteiger partial charge in [-0.05, 0) is 36.4 Å². The number of H-pyrrole nitrogens is 1. The fourth-order valence-corrected chi connectivity index (χ4v) is 2.57. The molecule has 0 radical (unpaired) electrons. The van der Waals surface area contributed by atoms with E-state index in [1.54, 1.807) is 6.07 Å². The van der Waals surface area contributed by atoms with Crippen LogP contribution >= 0.6 is 0 Å². The van der Waals surface area contributed by atoms with Gasteiger partial charge in [-0.25, -0.2) is 4.98 Å². The van der Waals surface area contributed by atoms with E-state index in [2.05, 4.69) is 9.97 Å². The number of hydrogen-bond acceptors (Lipinski definition) is 3. The van der Waals surface area contributed by atoms with Crippen LogP contribution < -0.4 is 10.3 Å². The second-order valence-electron chi connectivity index (χ2n) is 5.36. The van der Waals surface area contributed by atoms with Crippen molar-refractivity contribution in [3.63, 3.8) is 0 Å². The average Bonchev–Trinajstić information content (AvgIpc) is 2.59. The van der Waals surface area contributed by atoms with E-state index >= 15 is 0 Å². The monoisotopic (exact) mass is 302 g/mol. The molecule has 2 heterocycles. The first kappa shape index (κ1) is 13.5. The molecule has 0 unspecified atom stereocenters. The summed E-state index contributed by atoms with van der Waals surface area (Å²) in [7, 11) is 0. The Labute approximate surface area is 132 Å². The normalized spacial score (nSPS) is 11.0. The molecule has 112 valence electrons. The van der Waals surface area contributed by atoms with Crippen molar-refractivity contribution in [2.75, 3.05) is 0 Å². The third-order valence-corrected chi connectivity index (χ3v) is 3.74. The summed E-state index contributed by atoms with van der Waals surface area (Å²) in [6.07, 6.45) is 0. The minimum Gasteiger partial charge on any atom is -0.487 e. The molecule has 2 aromatic carbocycles. The van der Waals surface area contributed by atoms with Gasteiger partial charge in [-0.1, -0.05) is 24.3 Å². The van der Waals surface area contributed by atoms with Gasteiger partial charge in [0.1, 0.15) is 12.4 Å². The average molecular weight is 302 g/mol. The Hall–Kier alpha value is -3.14. The highest BCUT2D eigenvalue weighted by Gasteiger charge is 2.02. The molecule has 4 rings (SSSR count). The van der Waals surface area contributed by atoms with Crippen LogP contribution in [0, 0.1) is 0 Å². The quantitative estimate of drug-likeness (QED) is 0.628. The highest BCUT2D eigenvalue weighted by Crippen LogP contribution is 2.19. The number of aromatic nitrogens is 2. The predicted molar refractivity (Wildman–Crippen MR) is 90.6 cm³/mol. The molecule has 0 fully saturated rings. The van der Waals surface area contributed by atoms with Crippen molar-refractivity contribution in [2.45, 2.75) is 6.61 Å². The van der Waals surface area contributed by atoms with Gasteiger partial charge in [0, 0.05) is 22.4 Å². The van der Waals surface area contributed by atoms with E-state index in [9.17, 15) is 4.79 Å². The molecule has 0 amide bonds. The van der Waals surface area contributed by atoms with E-state index in [1.165, 1.54) is 6.07 Å². The SMILES string of the molecule is O=c1ccc2cc(OCc3ccc4ccccc4n3)ccc2[nH]1. The van der Waals surface area contributed by atoms with E-state index in [4.69, 9.17) is 4.74 Å². The molecule has 4 nitrogen and oxygen atoms in total. The molecule has 4 aromatic rings. The number of ether oxygens (including phenoxy) is 1. The molecule has 0 aliphatic rings. The summed E-state index contributed by atoms with van der Waals surface area (Å²) < 4.78 is 5.82. The van der Waals surface area contributed by atoms with Crippen LogP contribution in [-0.2, 0) is 6.61 Å². The predicted octanol–water partition coefficient (Wildman–Crippen LogP) is 3.66. The number of nitrogens with one attached hydrogen (secondary N) is 1. The van der Waals surface area contributed by atoms with Gasteiger partial charge >= 0.3 is 0 Å². The van der Waals surface area contributed by atoms with Crippen molar-refractivity contribution in [1.82, 2.24) is 9.97 Å². The largest absolute Gasteiger partial charge is 0.487 e. The molecule has 1 N–H and O–H groups in total. The van der Waals surface area contributed by atoms with Crippen LogP contribution in [0.4, 0.5) is 0 Å². The third kappa shape index (κ3) is 2.79. The van der Waals surface area contributed by atoms with Gasteiger partial charge in [-0.2, -0.15) is 0 Å². The van der Waals surface area contributed by atoms with Crippen LogP contribution in [0.2, 0.25) is 0 Å². The lowest BCUT2D eigenvalue weighted by Crippen LogP contribution is -2.02. The van der Waals surface area contributed by atoms with Gasteiger partial charge in [0.15, 0.2) is 0 Å². The Morgan fingerprint density at radius 3 is 2.74 bits per heavy atom. The zero-order valence-electron chi connectivity index (χ0n) is 12.3. The molecule has 0 aliphatic carbocycles. The minimum absolute atomic E-state index is 0.105. The number of hydrogen-bond donors (Lipinski definition) is 1. The van der Waals surface area contributed by atoms with Crippen molar-refractivity contribution in [3.05, 3.63) is 82.8 Å². The zero-order valence-corrected chi connectivity index (χ0v) is 12.3. The van der Waals surface area contributed by atoms with E-state index in [0.717, 1.165) is 33.2 Å². The molecule has 0 atom stereocenters. The highest BCUT2D eigenvalue weighted by molar-refractivity contribution is 5.80. The van der Waals surface area contributed by atoms with Crippen LogP contribution in [0.1, 0.15) is 5.69 Å². The number of nitrogens with zero attached hydrogens (tertiary/aromatic N) is 1. The summed E-state index contributed by atoms with van der Waals surface area (Å²) >= 11 is 0. The van der Waals surface area contributed by atoms with Crippen LogP contribution in [0.5, 0.6) is 5.75 Å². The summed E-state index contributed by atoms with van der Waals surface area (Å²) in [5, 5.41) is 2.06. The number of fused-ring (bicyclic) bond motifs is 2. The van der Waals surface area contributed by atoms with Crippen molar-refractivity contribution in [3.8, 4) is 5.75 Å². The van der Waals surface area contributed by atoms with Crippen molar-refractivity contribution in [2.24, 2.45) is 0 Å². The molecule has 0 saturated heterocycles. The number of pyridine rings is 2.